The molecule has 1 atom stereocenters. The number of rotatable bonds is 3. The minimum absolute atomic E-state index is 0.00123. The van der Waals surface area contributed by atoms with E-state index in [4.69, 9.17) is 4.42 Å². The summed E-state index contributed by atoms with van der Waals surface area (Å²) in [6.45, 7) is 0.308. The molecule has 0 radical (unpaired) electrons. The van der Waals surface area contributed by atoms with Crippen LogP contribution in [-0.2, 0) is 12.4 Å². The Balaban J connectivity index is 1.47. The first-order chi connectivity index (χ1) is 17.0. The highest BCUT2D eigenvalue weighted by Crippen LogP contribution is 2.39. The monoisotopic (exact) mass is 504 g/mol. The van der Waals surface area contributed by atoms with Gasteiger partial charge in [0.2, 0.25) is 5.89 Å². The van der Waals surface area contributed by atoms with E-state index in [0.29, 0.717) is 36.0 Å². The molecule has 1 fully saturated rings. The number of nitrogens with zero attached hydrogens (tertiary/aromatic N) is 2. The smallest absolute Gasteiger partial charge is 0.417 e. The fourth-order valence-electron chi connectivity index (χ4n) is 4.50. The number of halogens is 6. The number of aromatic nitrogens is 1. The normalized spacial score (nSPS) is 16.6. The lowest BCUT2D eigenvalue weighted by Crippen LogP contribution is -2.31. The number of fused-ring (bicyclic) bond motifs is 1. The van der Waals surface area contributed by atoms with E-state index < -0.39 is 35.4 Å². The Bertz CT molecular complexity index is 1440. The third-order valence-corrected chi connectivity index (χ3v) is 6.18. The Labute approximate surface area is 201 Å². The first-order valence-corrected chi connectivity index (χ1v) is 11.1. The van der Waals surface area contributed by atoms with Crippen molar-refractivity contribution < 1.29 is 35.6 Å². The van der Waals surface area contributed by atoms with Gasteiger partial charge in [-0.25, -0.2) is 4.98 Å². The Morgan fingerprint density at radius 2 is 1.69 bits per heavy atom. The molecule has 1 aliphatic rings. The predicted molar refractivity (Wildman–Crippen MR) is 119 cm³/mol. The Morgan fingerprint density at radius 1 is 0.917 bits per heavy atom. The second kappa shape index (κ2) is 8.69. The molecule has 1 aromatic heterocycles. The molecule has 4 aromatic rings. The summed E-state index contributed by atoms with van der Waals surface area (Å²) in [5.41, 5.74) is -0.843. The van der Waals surface area contributed by atoms with Crippen LogP contribution in [0.15, 0.2) is 71.1 Å². The van der Waals surface area contributed by atoms with E-state index in [1.807, 2.05) is 0 Å². The molecule has 3 aromatic carbocycles. The number of hydrogen-bond donors (Lipinski definition) is 0. The van der Waals surface area contributed by atoms with Gasteiger partial charge in [0.1, 0.15) is 11.6 Å². The van der Waals surface area contributed by atoms with Crippen molar-refractivity contribution in [3.05, 3.63) is 89.3 Å². The molecule has 4 nitrogen and oxygen atoms in total. The molecule has 0 unspecified atom stereocenters. The van der Waals surface area contributed by atoms with Gasteiger partial charge in [-0.1, -0.05) is 30.3 Å². The SMILES string of the molecule is O=C(c1cccc(C(F)(F)F)c1)N1CCC[C@H]1c1nc2cc(-c3ccccc3C(F)(F)F)ccc2o1. The van der Waals surface area contributed by atoms with Crippen molar-refractivity contribution in [2.45, 2.75) is 31.2 Å². The zero-order valence-electron chi connectivity index (χ0n) is 18.5. The summed E-state index contributed by atoms with van der Waals surface area (Å²) in [6.07, 6.45) is -8.03. The van der Waals surface area contributed by atoms with Crippen LogP contribution in [0.25, 0.3) is 22.2 Å². The molecule has 0 bridgehead atoms. The van der Waals surface area contributed by atoms with Crippen molar-refractivity contribution in [1.82, 2.24) is 9.88 Å². The van der Waals surface area contributed by atoms with Crippen LogP contribution in [0, 0.1) is 0 Å². The summed E-state index contributed by atoms with van der Waals surface area (Å²) in [6, 6.07) is 13.3. The fourth-order valence-corrected chi connectivity index (χ4v) is 4.50. The van der Waals surface area contributed by atoms with Crippen LogP contribution in [0.4, 0.5) is 26.3 Å². The first-order valence-electron chi connectivity index (χ1n) is 11.1. The molecule has 2 heterocycles. The van der Waals surface area contributed by atoms with Crippen LogP contribution >= 0.6 is 0 Å². The van der Waals surface area contributed by atoms with Crippen LogP contribution in [0.3, 0.4) is 0 Å². The molecule has 186 valence electrons. The molecule has 36 heavy (non-hydrogen) atoms. The second-order valence-corrected chi connectivity index (χ2v) is 8.51. The molecule has 10 heteroatoms. The lowest BCUT2D eigenvalue weighted by molar-refractivity contribution is -0.138. The summed E-state index contributed by atoms with van der Waals surface area (Å²) >= 11 is 0. The quantitative estimate of drug-likeness (QED) is 0.271. The van der Waals surface area contributed by atoms with Crippen LogP contribution in [0.5, 0.6) is 0 Å². The van der Waals surface area contributed by atoms with Crippen molar-refractivity contribution in [2.75, 3.05) is 6.54 Å². The van der Waals surface area contributed by atoms with Gasteiger partial charge in [-0.15, -0.1) is 0 Å². The first kappa shape index (κ1) is 23.9. The minimum Gasteiger partial charge on any atom is -0.438 e. The summed E-state index contributed by atoms with van der Waals surface area (Å²) < 4.78 is 85.5. The maximum atomic E-state index is 13.5. The molecule has 0 saturated carbocycles. The zero-order valence-corrected chi connectivity index (χ0v) is 18.5. The largest absolute Gasteiger partial charge is 0.438 e. The van der Waals surface area contributed by atoms with Crippen molar-refractivity contribution in [3.8, 4) is 11.1 Å². The zero-order chi connectivity index (χ0) is 25.7. The fraction of sp³-hybridized carbons (Fsp3) is 0.231. The van der Waals surface area contributed by atoms with Crippen molar-refractivity contribution >= 4 is 17.0 Å². The van der Waals surface area contributed by atoms with Gasteiger partial charge in [-0.3, -0.25) is 4.79 Å². The lowest BCUT2D eigenvalue weighted by atomic mass is 9.99. The number of carbonyl (C=O) groups is 1. The van der Waals surface area contributed by atoms with Gasteiger partial charge in [0, 0.05) is 12.1 Å². The van der Waals surface area contributed by atoms with Gasteiger partial charge in [-0.05, 0) is 60.4 Å². The van der Waals surface area contributed by atoms with Gasteiger partial charge in [0.25, 0.3) is 5.91 Å². The maximum absolute atomic E-state index is 13.5. The maximum Gasteiger partial charge on any atom is 0.417 e. The minimum atomic E-state index is -4.58. The summed E-state index contributed by atoms with van der Waals surface area (Å²) in [7, 11) is 0. The second-order valence-electron chi connectivity index (χ2n) is 8.51. The average Bonchev–Trinajstić information content (AvgIpc) is 3.49. The van der Waals surface area contributed by atoms with Crippen molar-refractivity contribution in [3.63, 3.8) is 0 Å². The number of alkyl halides is 6. The third-order valence-electron chi connectivity index (χ3n) is 6.18. The average molecular weight is 504 g/mol. The standard InChI is InChI=1S/C26H18F6N2O2/c27-25(28,29)17-6-3-5-16(13-17)24(35)34-12-4-9-21(34)23-33-20-14-15(10-11-22(20)36-23)18-7-1-2-8-19(18)26(30,31)32/h1-3,5-8,10-11,13-14,21H,4,9,12H2/t21-/m0/s1. The van der Waals surface area contributed by atoms with Crippen LogP contribution in [0.2, 0.25) is 0 Å². The van der Waals surface area contributed by atoms with Crippen molar-refractivity contribution in [1.29, 1.82) is 0 Å². The van der Waals surface area contributed by atoms with E-state index in [2.05, 4.69) is 4.98 Å². The molecule has 1 amide bonds. The molecule has 1 saturated heterocycles. The van der Waals surface area contributed by atoms with E-state index in [1.165, 1.54) is 53.4 Å². The highest BCUT2D eigenvalue weighted by molar-refractivity contribution is 5.95. The molecular weight excluding hydrogens is 486 g/mol. The summed E-state index contributed by atoms with van der Waals surface area (Å²) in [5.74, 6) is -0.394. The number of oxazole rings is 1. The Morgan fingerprint density at radius 3 is 2.44 bits per heavy atom. The highest BCUT2D eigenvalue weighted by Gasteiger charge is 2.36. The number of amides is 1. The Hall–Kier alpha value is -3.82. The molecule has 0 N–H and O–H groups in total. The molecule has 0 spiro atoms. The van der Waals surface area contributed by atoms with Crippen molar-refractivity contribution in [2.24, 2.45) is 0 Å². The van der Waals surface area contributed by atoms with E-state index in [-0.39, 0.29) is 17.0 Å². The number of carbonyl (C=O) groups excluding carboxylic acids is 1. The van der Waals surface area contributed by atoms with E-state index in [0.717, 1.165) is 18.2 Å². The van der Waals surface area contributed by atoms with Crippen LogP contribution in [-0.4, -0.2) is 22.3 Å². The number of likely N-dealkylation sites (tertiary alicyclic amines) is 1. The molecule has 0 aliphatic carbocycles. The van der Waals surface area contributed by atoms with E-state index in [1.54, 1.807) is 0 Å². The van der Waals surface area contributed by atoms with Gasteiger partial charge in [0.15, 0.2) is 5.58 Å². The lowest BCUT2D eigenvalue weighted by Gasteiger charge is -2.22. The van der Waals surface area contributed by atoms with Gasteiger partial charge in [0.05, 0.1) is 11.1 Å². The highest BCUT2D eigenvalue weighted by atomic mass is 19.4. The molecule has 5 rings (SSSR count). The number of benzene rings is 3. The predicted octanol–water partition coefficient (Wildman–Crippen LogP) is 7.51. The topological polar surface area (TPSA) is 46.3 Å². The van der Waals surface area contributed by atoms with Crippen LogP contribution < -0.4 is 0 Å². The van der Waals surface area contributed by atoms with Gasteiger partial charge >= 0.3 is 12.4 Å². The van der Waals surface area contributed by atoms with Gasteiger partial charge in [-0.2, -0.15) is 26.3 Å². The third kappa shape index (κ3) is 4.43. The van der Waals surface area contributed by atoms with Gasteiger partial charge < -0.3 is 9.32 Å². The summed E-state index contributed by atoms with van der Waals surface area (Å²) in [5, 5.41) is 0. The van der Waals surface area contributed by atoms with E-state index in [9.17, 15) is 31.1 Å². The van der Waals surface area contributed by atoms with Crippen LogP contribution in [0.1, 0.15) is 46.3 Å². The molecule has 1 aliphatic heterocycles. The number of hydrogen-bond acceptors (Lipinski definition) is 3. The Kier molecular flexibility index (Phi) is 5.77. The summed E-state index contributed by atoms with van der Waals surface area (Å²) in [4.78, 5) is 18.9. The van der Waals surface area contributed by atoms with E-state index >= 15 is 0 Å². The molecular formula is C26H18F6N2O2.